The standard InChI is InChI=1S/C39H34N8O/c48-39(44-32-15-13-31(14-16-32)43-38-34-8-4-5-9-36(34)41-26-42-38)37(28-6-2-1-3-7-28)47-25-30-24-29(12-19-35(30)45-47)27-10-17-33(18-11-27)46-22-20-40-21-23-46/h1-19,24-26,37,40H,20-23H2,(H,44,48)(H,41,42,43). The highest BCUT2D eigenvalue weighted by Crippen LogP contribution is 2.29. The lowest BCUT2D eigenvalue weighted by Gasteiger charge is -2.29. The summed E-state index contributed by atoms with van der Waals surface area (Å²) in [7, 11) is 0. The Morgan fingerprint density at radius 1 is 0.729 bits per heavy atom. The van der Waals surface area contributed by atoms with Crippen LogP contribution in [0.2, 0.25) is 0 Å². The average molecular weight is 631 g/mol. The highest BCUT2D eigenvalue weighted by Gasteiger charge is 2.24. The van der Waals surface area contributed by atoms with E-state index in [1.165, 1.54) is 5.69 Å². The molecule has 0 saturated carbocycles. The molecule has 7 aromatic rings. The molecule has 3 N–H and O–H groups in total. The predicted octanol–water partition coefficient (Wildman–Crippen LogP) is 7.03. The summed E-state index contributed by atoms with van der Waals surface area (Å²) in [4.78, 5) is 25.1. The summed E-state index contributed by atoms with van der Waals surface area (Å²) in [6, 6.07) is 39.6. The molecular formula is C39H34N8O. The number of aromatic nitrogens is 4. The van der Waals surface area contributed by atoms with E-state index in [9.17, 15) is 4.79 Å². The van der Waals surface area contributed by atoms with Crippen LogP contribution in [0, 0.1) is 0 Å². The van der Waals surface area contributed by atoms with Crippen LogP contribution >= 0.6 is 0 Å². The number of nitrogens with one attached hydrogen (secondary N) is 3. The Bertz CT molecular complexity index is 2190. The van der Waals surface area contributed by atoms with Crippen LogP contribution in [-0.2, 0) is 4.79 Å². The first-order valence-electron chi connectivity index (χ1n) is 16.2. The first-order chi connectivity index (χ1) is 23.7. The Balaban J connectivity index is 1.03. The van der Waals surface area contributed by atoms with Crippen LogP contribution in [-0.4, -0.2) is 51.8 Å². The van der Waals surface area contributed by atoms with Crippen molar-refractivity contribution in [3.63, 3.8) is 0 Å². The van der Waals surface area contributed by atoms with Crippen molar-refractivity contribution in [2.24, 2.45) is 0 Å². The number of amides is 1. The van der Waals surface area contributed by atoms with Crippen molar-refractivity contribution in [2.75, 3.05) is 41.7 Å². The van der Waals surface area contributed by atoms with E-state index in [0.29, 0.717) is 5.69 Å². The number of hydrogen-bond acceptors (Lipinski definition) is 7. The van der Waals surface area contributed by atoms with Crippen LogP contribution < -0.4 is 20.9 Å². The van der Waals surface area contributed by atoms with Crippen LogP contribution in [0.5, 0.6) is 0 Å². The number of carbonyl (C=O) groups is 1. The van der Waals surface area contributed by atoms with Crippen molar-refractivity contribution in [3.05, 3.63) is 139 Å². The van der Waals surface area contributed by atoms with Gasteiger partial charge in [-0.1, -0.05) is 60.7 Å². The number of rotatable bonds is 8. The molecule has 1 unspecified atom stereocenters. The van der Waals surface area contributed by atoms with E-state index in [1.54, 1.807) is 11.0 Å². The van der Waals surface area contributed by atoms with Gasteiger partial charge in [0.25, 0.3) is 5.91 Å². The third-order valence-electron chi connectivity index (χ3n) is 8.79. The molecule has 236 valence electrons. The molecule has 0 spiro atoms. The summed E-state index contributed by atoms with van der Waals surface area (Å²) < 4.78 is 1.77. The Morgan fingerprint density at radius 2 is 1.46 bits per heavy atom. The second kappa shape index (κ2) is 13.0. The normalized spacial score (nSPS) is 13.8. The number of carbonyl (C=O) groups excluding carboxylic acids is 1. The highest BCUT2D eigenvalue weighted by atomic mass is 16.2. The van der Waals surface area contributed by atoms with Gasteiger partial charge in [-0.2, -0.15) is 5.10 Å². The number of hydrogen-bond donors (Lipinski definition) is 3. The quantitative estimate of drug-likeness (QED) is 0.166. The number of fused-ring (bicyclic) bond motifs is 2. The van der Waals surface area contributed by atoms with Gasteiger partial charge in [0.15, 0.2) is 6.04 Å². The summed E-state index contributed by atoms with van der Waals surface area (Å²) in [5, 5.41) is 16.7. The monoisotopic (exact) mass is 630 g/mol. The summed E-state index contributed by atoms with van der Waals surface area (Å²) >= 11 is 0. The first kappa shape index (κ1) is 29.3. The Kier molecular flexibility index (Phi) is 7.93. The second-order valence-corrected chi connectivity index (χ2v) is 11.9. The second-order valence-electron chi connectivity index (χ2n) is 11.9. The maximum atomic E-state index is 14.0. The van der Waals surface area contributed by atoms with Crippen molar-refractivity contribution in [2.45, 2.75) is 6.04 Å². The van der Waals surface area contributed by atoms with Gasteiger partial charge >= 0.3 is 0 Å². The fraction of sp³-hybridized carbons (Fsp3) is 0.128. The van der Waals surface area contributed by atoms with Crippen molar-refractivity contribution in [3.8, 4) is 11.1 Å². The summed E-state index contributed by atoms with van der Waals surface area (Å²) in [5.41, 5.74) is 7.58. The van der Waals surface area contributed by atoms with Crippen LogP contribution in [0.15, 0.2) is 134 Å². The lowest BCUT2D eigenvalue weighted by Crippen LogP contribution is -2.43. The molecule has 1 aliphatic rings. The zero-order chi connectivity index (χ0) is 32.3. The Hall–Kier alpha value is -6.06. The summed E-state index contributed by atoms with van der Waals surface area (Å²) in [6.07, 6.45) is 3.51. The van der Waals surface area contributed by atoms with Crippen molar-refractivity contribution in [1.82, 2.24) is 25.1 Å². The van der Waals surface area contributed by atoms with Crippen molar-refractivity contribution >= 4 is 50.6 Å². The molecule has 3 heterocycles. The largest absolute Gasteiger partial charge is 0.369 e. The van der Waals surface area contributed by atoms with E-state index in [4.69, 9.17) is 5.10 Å². The average Bonchev–Trinajstić information content (AvgIpc) is 3.56. The van der Waals surface area contributed by atoms with E-state index in [0.717, 1.165) is 76.2 Å². The van der Waals surface area contributed by atoms with Gasteiger partial charge in [-0.05, 0) is 77.4 Å². The molecule has 48 heavy (non-hydrogen) atoms. The third-order valence-corrected chi connectivity index (χ3v) is 8.79. The predicted molar refractivity (Wildman–Crippen MR) is 193 cm³/mol. The molecule has 1 aliphatic heterocycles. The topological polar surface area (TPSA) is 100 Å². The number of anilines is 4. The third kappa shape index (κ3) is 6.06. The minimum Gasteiger partial charge on any atom is -0.369 e. The maximum absolute atomic E-state index is 14.0. The molecule has 5 aromatic carbocycles. The number of para-hydroxylation sites is 1. The minimum atomic E-state index is -0.662. The van der Waals surface area contributed by atoms with Gasteiger partial charge in [-0.15, -0.1) is 0 Å². The molecule has 0 radical (unpaired) electrons. The number of benzene rings is 5. The number of nitrogens with zero attached hydrogens (tertiary/aromatic N) is 5. The molecule has 2 aromatic heterocycles. The van der Waals surface area contributed by atoms with Crippen LogP contribution in [0.3, 0.4) is 0 Å². The SMILES string of the molecule is O=C(Nc1ccc(Nc2ncnc3ccccc23)cc1)C(c1ccccc1)n1cc2cc(-c3ccc(N4CCNCC4)cc3)ccc2n1. The van der Waals surface area contributed by atoms with E-state index in [2.05, 4.69) is 67.2 Å². The molecule has 8 rings (SSSR count). The Morgan fingerprint density at radius 3 is 2.27 bits per heavy atom. The molecular weight excluding hydrogens is 596 g/mol. The zero-order valence-electron chi connectivity index (χ0n) is 26.3. The van der Waals surface area contributed by atoms with E-state index in [1.807, 2.05) is 91.1 Å². The van der Waals surface area contributed by atoms with Gasteiger partial charge in [0, 0.05) is 60.2 Å². The maximum Gasteiger partial charge on any atom is 0.253 e. The smallest absolute Gasteiger partial charge is 0.253 e. The molecule has 1 atom stereocenters. The summed E-state index contributed by atoms with van der Waals surface area (Å²) in [5.74, 6) is 0.544. The van der Waals surface area contributed by atoms with Crippen LogP contribution in [0.4, 0.5) is 22.9 Å². The molecule has 9 nitrogen and oxygen atoms in total. The Labute approximate surface area is 278 Å². The van der Waals surface area contributed by atoms with Crippen LogP contribution in [0.25, 0.3) is 32.9 Å². The van der Waals surface area contributed by atoms with Crippen molar-refractivity contribution in [1.29, 1.82) is 0 Å². The van der Waals surface area contributed by atoms with Crippen LogP contribution in [0.1, 0.15) is 11.6 Å². The number of piperazine rings is 1. The van der Waals surface area contributed by atoms with Gasteiger partial charge in [0.1, 0.15) is 12.1 Å². The molecule has 1 fully saturated rings. The van der Waals surface area contributed by atoms with Gasteiger partial charge in [-0.25, -0.2) is 9.97 Å². The van der Waals surface area contributed by atoms with Gasteiger partial charge in [-0.3, -0.25) is 9.48 Å². The molecule has 0 aliphatic carbocycles. The van der Waals surface area contributed by atoms with Gasteiger partial charge in [0.2, 0.25) is 0 Å². The lowest BCUT2D eigenvalue weighted by atomic mass is 10.0. The highest BCUT2D eigenvalue weighted by molar-refractivity contribution is 5.97. The van der Waals surface area contributed by atoms with E-state index in [-0.39, 0.29) is 5.91 Å². The van der Waals surface area contributed by atoms with E-state index >= 15 is 0 Å². The van der Waals surface area contributed by atoms with Gasteiger partial charge < -0.3 is 20.9 Å². The summed E-state index contributed by atoms with van der Waals surface area (Å²) in [6.45, 7) is 4.06. The molecule has 1 saturated heterocycles. The fourth-order valence-corrected chi connectivity index (χ4v) is 6.29. The minimum absolute atomic E-state index is 0.180. The molecule has 0 bridgehead atoms. The van der Waals surface area contributed by atoms with E-state index < -0.39 is 6.04 Å². The van der Waals surface area contributed by atoms with Crippen molar-refractivity contribution < 1.29 is 4.79 Å². The first-order valence-corrected chi connectivity index (χ1v) is 16.2. The molecule has 9 heteroatoms. The fourth-order valence-electron chi connectivity index (χ4n) is 6.29. The van der Waals surface area contributed by atoms with Gasteiger partial charge in [0.05, 0.1) is 11.0 Å². The molecule has 1 amide bonds. The zero-order valence-corrected chi connectivity index (χ0v) is 26.3. The lowest BCUT2D eigenvalue weighted by molar-refractivity contribution is -0.118.